The van der Waals surface area contributed by atoms with Crippen molar-refractivity contribution in [2.75, 3.05) is 6.54 Å². The van der Waals surface area contributed by atoms with Gasteiger partial charge >= 0.3 is 0 Å². The van der Waals surface area contributed by atoms with Crippen molar-refractivity contribution in [3.8, 4) is 0 Å². The predicted molar refractivity (Wildman–Crippen MR) is 68.5 cm³/mol. The number of para-hydroxylation sites is 1. The standard InChI is InChI=1S/C14H17N3/c15-17-9-8-16-12-6-2-1-4-10(12)11-5-3-7-13(17)14(11)16/h1-2,4,6,13H,3,5,7-9,15H2. The average molecular weight is 227 g/mol. The van der Waals surface area contributed by atoms with Crippen molar-refractivity contribution in [3.05, 3.63) is 35.5 Å². The van der Waals surface area contributed by atoms with Gasteiger partial charge in [0.1, 0.15) is 0 Å². The molecule has 1 aromatic carbocycles. The normalized spacial score (nSPS) is 23.9. The predicted octanol–water partition coefficient (Wildman–Crippen LogP) is 2.21. The van der Waals surface area contributed by atoms with E-state index >= 15 is 0 Å². The maximum absolute atomic E-state index is 6.15. The van der Waals surface area contributed by atoms with Crippen molar-refractivity contribution in [1.82, 2.24) is 9.58 Å². The van der Waals surface area contributed by atoms with Crippen molar-refractivity contribution in [2.45, 2.75) is 31.8 Å². The minimum absolute atomic E-state index is 0.444. The quantitative estimate of drug-likeness (QED) is 0.700. The Morgan fingerprint density at radius 1 is 1.18 bits per heavy atom. The Kier molecular flexibility index (Phi) is 1.90. The number of fused-ring (bicyclic) bond motifs is 3. The van der Waals surface area contributed by atoms with Gasteiger partial charge in [-0.05, 0) is 30.9 Å². The minimum atomic E-state index is 0.444. The molecule has 88 valence electrons. The van der Waals surface area contributed by atoms with Crippen LogP contribution in [0, 0.1) is 0 Å². The summed E-state index contributed by atoms with van der Waals surface area (Å²) < 4.78 is 2.50. The summed E-state index contributed by atoms with van der Waals surface area (Å²) in [7, 11) is 0. The topological polar surface area (TPSA) is 34.2 Å². The molecule has 3 heteroatoms. The van der Waals surface area contributed by atoms with Gasteiger partial charge in [-0.1, -0.05) is 18.2 Å². The lowest BCUT2D eigenvalue weighted by Crippen LogP contribution is -2.43. The molecular formula is C14H17N3. The van der Waals surface area contributed by atoms with Crippen molar-refractivity contribution in [3.63, 3.8) is 0 Å². The molecule has 1 aliphatic heterocycles. The molecule has 0 saturated carbocycles. The number of hydrogen-bond donors (Lipinski definition) is 1. The molecule has 3 nitrogen and oxygen atoms in total. The first kappa shape index (κ1) is 9.68. The summed E-state index contributed by atoms with van der Waals surface area (Å²) >= 11 is 0. The summed E-state index contributed by atoms with van der Waals surface area (Å²) in [5.74, 6) is 6.15. The fourth-order valence-corrected chi connectivity index (χ4v) is 3.58. The first-order valence-corrected chi connectivity index (χ1v) is 6.47. The van der Waals surface area contributed by atoms with Crippen LogP contribution in [0.5, 0.6) is 0 Å². The van der Waals surface area contributed by atoms with E-state index in [0.717, 1.165) is 13.1 Å². The lowest BCUT2D eigenvalue weighted by Gasteiger charge is -2.37. The third-order valence-electron chi connectivity index (χ3n) is 4.32. The molecule has 1 atom stereocenters. The van der Waals surface area contributed by atoms with Crippen LogP contribution in [0.1, 0.15) is 30.1 Å². The largest absolute Gasteiger partial charge is 0.341 e. The lowest BCUT2D eigenvalue weighted by atomic mass is 9.90. The van der Waals surface area contributed by atoms with E-state index < -0.39 is 0 Å². The molecule has 2 N–H and O–H groups in total. The molecule has 0 spiro atoms. The van der Waals surface area contributed by atoms with Crippen LogP contribution in [-0.2, 0) is 13.0 Å². The Labute approximate surface area is 101 Å². The maximum atomic E-state index is 6.15. The van der Waals surface area contributed by atoms with E-state index in [9.17, 15) is 0 Å². The van der Waals surface area contributed by atoms with Crippen molar-refractivity contribution in [2.24, 2.45) is 5.84 Å². The summed E-state index contributed by atoms with van der Waals surface area (Å²) in [4.78, 5) is 0. The Balaban J connectivity index is 2.09. The Morgan fingerprint density at radius 3 is 3.00 bits per heavy atom. The highest BCUT2D eigenvalue weighted by molar-refractivity contribution is 5.86. The summed E-state index contributed by atoms with van der Waals surface area (Å²) in [6.45, 7) is 2.00. The molecular weight excluding hydrogens is 210 g/mol. The summed E-state index contributed by atoms with van der Waals surface area (Å²) in [5, 5.41) is 3.49. The monoisotopic (exact) mass is 227 g/mol. The maximum Gasteiger partial charge on any atom is 0.0646 e. The molecule has 2 aromatic rings. The van der Waals surface area contributed by atoms with Crippen LogP contribution < -0.4 is 5.84 Å². The molecule has 17 heavy (non-hydrogen) atoms. The molecule has 2 heterocycles. The molecule has 1 unspecified atom stereocenters. The summed E-state index contributed by atoms with van der Waals surface area (Å²) in [5.41, 5.74) is 4.44. The molecule has 0 radical (unpaired) electrons. The van der Waals surface area contributed by atoms with Crippen LogP contribution in [-0.4, -0.2) is 16.1 Å². The highest BCUT2D eigenvalue weighted by Gasteiger charge is 2.33. The molecule has 0 fully saturated rings. The molecule has 2 aliphatic rings. The first-order chi connectivity index (χ1) is 8.36. The zero-order chi connectivity index (χ0) is 11.4. The van der Waals surface area contributed by atoms with Crippen molar-refractivity contribution < 1.29 is 0 Å². The molecule has 4 rings (SSSR count). The molecule has 1 aromatic heterocycles. The van der Waals surface area contributed by atoms with Crippen LogP contribution in [0.3, 0.4) is 0 Å². The molecule has 0 saturated heterocycles. The Morgan fingerprint density at radius 2 is 2.06 bits per heavy atom. The van der Waals surface area contributed by atoms with E-state index in [2.05, 4.69) is 28.8 Å². The van der Waals surface area contributed by atoms with Crippen LogP contribution in [0.4, 0.5) is 0 Å². The van der Waals surface area contributed by atoms with Crippen LogP contribution >= 0.6 is 0 Å². The molecule has 1 aliphatic carbocycles. The first-order valence-electron chi connectivity index (χ1n) is 6.47. The summed E-state index contributed by atoms with van der Waals surface area (Å²) in [6.07, 6.45) is 3.69. The zero-order valence-corrected chi connectivity index (χ0v) is 9.89. The number of benzene rings is 1. The van der Waals surface area contributed by atoms with Crippen molar-refractivity contribution >= 4 is 10.9 Å². The third kappa shape index (κ3) is 1.18. The van der Waals surface area contributed by atoms with Gasteiger partial charge in [0.25, 0.3) is 0 Å². The number of nitrogens with zero attached hydrogens (tertiary/aromatic N) is 2. The third-order valence-corrected chi connectivity index (χ3v) is 4.32. The van der Waals surface area contributed by atoms with E-state index in [0.29, 0.717) is 6.04 Å². The number of rotatable bonds is 0. The fraction of sp³-hybridized carbons (Fsp3) is 0.429. The average Bonchev–Trinajstić information content (AvgIpc) is 2.70. The van der Waals surface area contributed by atoms with Crippen LogP contribution in [0.15, 0.2) is 24.3 Å². The highest BCUT2D eigenvalue weighted by atomic mass is 15.4. The van der Waals surface area contributed by atoms with E-state index in [4.69, 9.17) is 5.84 Å². The zero-order valence-electron chi connectivity index (χ0n) is 9.89. The molecule has 0 bridgehead atoms. The van der Waals surface area contributed by atoms with Gasteiger partial charge in [0.15, 0.2) is 0 Å². The van der Waals surface area contributed by atoms with Gasteiger partial charge in [0.2, 0.25) is 0 Å². The van der Waals surface area contributed by atoms with E-state index in [1.54, 1.807) is 5.56 Å². The second-order valence-electron chi connectivity index (χ2n) is 5.18. The number of hydrogen-bond acceptors (Lipinski definition) is 2. The van der Waals surface area contributed by atoms with E-state index in [-0.39, 0.29) is 0 Å². The smallest absolute Gasteiger partial charge is 0.0646 e. The fourth-order valence-electron chi connectivity index (χ4n) is 3.58. The Bertz CT molecular complexity index is 551. The number of nitrogens with two attached hydrogens (primary N) is 1. The van der Waals surface area contributed by atoms with Gasteiger partial charge in [-0.25, -0.2) is 5.01 Å². The lowest BCUT2D eigenvalue weighted by molar-refractivity contribution is 0.144. The Hall–Kier alpha value is -1.32. The second kappa shape index (κ2) is 3.34. The van der Waals surface area contributed by atoms with Gasteiger partial charge < -0.3 is 4.57 Å². The SMILES string of the molecule is NN1CCn2c3c(c4ccccc42)CCCC31. The van der Waals surface area contributed by atoms with E-state index in [1.807, 2.05) is 5.01 Å². The van der Waals surface area contributed by atoms with Gasteiger partial charge in [0.05, 0.1) is 6.04 Å². The summed E-state index contributed by atoms with van der Waals surface area (Å²) in [6, 6.07) is 9.24. The highest BCUT2D eigenvalue weighted by Crippen LogP contribution is 2.41. The van der Waals surface area contributed by atoms with Gasteiger partial charge in [0, 0.05) is 29.7 Å². The minimum Gasteiger partial charge on any atom is -0.341 e. The van der Waals surface area contributed by atoms with Gasteiger partial charge in [-0.3, -0.25) is 5.84 Å². The number of hydrazine groups is 1. The van der Waals surface area contributed by atoms with Gasteiger partial charge in [-0.15, -0.1) is 0 Å². The number of aryl methyl sites for hydroxylation is 1. The number of aromatic nitrogens is 1. The van der Waals surface area contributed by atoms with E-state index in [1.165, 1.54) is 35.9 Å². The van der Waals surface area contributed by atoms with Crippen molar-refractivity contribution in [1.29, 1.82) is 0 Å². The molecule has 0 amide bonds. The van der Waals surface area contributed by atoms with Crippen LogP contribution in [0.25, 0.3) is 10.9 Å². The van der Waals surface area contributed by atoms with Crippen LogP contribution in [0.2, 0.25) is 0 Å². The van der Waals surface area contributed by atoms with Gasteiger partial charge in [-0.2, -0.15) is 0 Å². The second-order valence-corrected chi connectivity index (χ2v) is 5.18.